The van der Waals surface area contributed by atoms with Crippen LogP contribution in [0, 0.1) is 11.7 Å². The second-order valence-electron chi connectivity index (χ2n) is 10.2. The van der Waals surface area contributed by atoms with Crippen LogP contribution in [0.4, 0.5) is 4.39 Å². The van der Waals surface area contributed by atoms with Gasteiger partial charge in [0, 0.05) is 73.8 Å². The second-order valence-corrected chi connectivity index (χ2v) is 10.2. The number of benzene rings is 1. The predicted octanol–water partition coefficient (Wildman–Crippen LogP) is 4.07. The van der Waals surface area contributed by atoms with Crippen molar-refractivity contribution in [2.45, 2.75) is 64.8 Å². The number of ketones is 2. The van der Waals surface area contributed by atoms with E-state index in [0.717, 1.165) is 93.5 Å². The fourth-order valence-electron chi connectivity index (χ4n) is 5.73. The molecule has 1 aromatic carbocycles. The number of fused-ring (bicyclic) bond motifs is 3. The highest BCUT2D eigenvalue weighted by Crippen LogP contribution is 2.35. The molecule has 2 heterocycles. The Labute approximate surface area is 208 Å². The lowest BCUT2D eigenvalue weighted by Gasteiger charge is -2.37. The number of carbonyl (C=O) groups excluding carboxylic acids is 2. The smallest absolute Gasteiger partial charge is 0.169 e. The van der Waals surface area contributed by atoms with E-state index < -0.39 is 0 Å². The Hall–Kier alpha value is -2.09. The van der Waals surface area contributed by atoms with Gasteiger partial charge in [-0.15, -0.1) is 0 Å². The summed E-state index contributed by atoms with van der Waals surface area (Å²) in [5.41, 5.74) is 2.71. The summed E-state index contributed by atoms with van der Waals surface area (Å²) in [5, 5.41) is 9.63. The predicted molar refractivity (Wildman–Crippen MR) is 136 cm³/mol. The molecule has 2 aliphatic rings. The van der Waals surface area contributed by atoms with Gasteiger partial charge in [-0.25, -0.2) is 4.39 Å². The molecule has 2 aromatic rings. The van der Waals surface area contributed by atoms with Gasteiger partial charge in [-0.05, 0) is 56.8 Å². The van der Waals surface area contributed by atoms with Crippen LogP contribution in [0.15, 0.2) is 18.2 Å². The van der Waals surface area contributed by atoms with Crippen LogP contribution in [0.25, 0.3) is 10.9 Å². The third-order valence-electron chi connectivity index (χ3n) is 7.77. The van der Waals surface area contributed by atoms with Gasteiger partial charge >= 0.3 is 0 Å². The van der Waals surface area contributed by atoms with Gasteiger partial charge in [-0.1, -0.05) is 19.8 Å². The number of carbonyl (C=O) groups is 2. The van der Waals surface area contributed by atoms with Crippen LogP contribution in [-0.4, -0.2) is 76.9 Å². The zero-order valence-corrected chi connectivity index (χ0v) is 21.1. The number of aliphatic hydroxyl groups is 1. The van der Waals surface area contributed by atoms with E-state index in [-0.39, 0.29) is 29.9 Å². The van der Waals surface area contributed by atoms with Gasteiger partial charge in [0.15, 0.2) is 11.6 Å². The third kappa shape index (κ3) is 6.19. The van der Waals surface area contributed by atoms with Crippen molar-refractivity contribution in [3.05, 3.63) is 35.3 Å². The standard InChI is InChI=1S/C28H40FN3O3/c1-2-3-12-30-14-16-31(17-15-30)19-21-8-10-26-27(28(21)35)24-18-22(29)9-11-25(24)32(26)13-6-4-5-7-23(34)20-33/h9,11,18,21,33H,2-8,10,12-17,19-20H2,1H3. The number of aromatic nitrogens is 1. The lowest BCUT2D eigenvalue weighted by molar-refractivity contribution is -0.121. The van der Waals surface area contributed by atoms with E-state index in [1.165, 1.54) is 31.5 Å². The summed E-state index contributed by atoms with van der Waals surface area (Å²) >= 11 is 0. The Morgan fingerprint density at radius 3 is 2.57 bits per heavy atom. The van der Waals surface area contributed by atoms with Crippen molar-refractivity contribution in [2.75, 3.05) is 45.9 Å². The molecule has 1 aliphatic heterocycles. The van der Waals surface area contributed by atoms with Crippen LogP contribution in [0.5, 0.6) is 0 Å². The van der Waals surface area contributed by atoms with Crippen LogP contribution in [0.1, 0.15) is 67.9 Å². The average molecular weight is 486 g/mol. The lowest BCUT2D eigenvalue weighted by Crippen LogP contribution is -2.49. The molecule has 0 spiro atoms. The van der Waals surface area contributed by atoms with Crippen molar-refractivity contribution in [1.29, 1.82) is 0 Å². The maximum absolute atomic E-state index is 14.2. The molecule has 1 unspecified atom stereocenters. The van der Waals surface area contributed by atoms with Gasteiger partial charge < -0.3 is 19.5 Å². The lowest BCUT2D eigenvalue weighted by atomic mass is 9.84. The first-order chi connectivity index (χ1) is 17.0. The number of nitrogens with zero attached hydrogens (tertiary/aromatic N) is 3. The topological polar surface area (TPSA) is 65.8 Å². The summed E-state index contributed by atoms with van der Waals surface area (Å²) in [6.07, 6.45) is 7.05. The number of Topliss-reactive ketones (excluding diaryl/α,β-unsaturated/α-hetero) is 2. The fraction of sp³-hybridized carbons (Fsp3) is 0.643. The molecule has 35 heavy (non-hydrogen) atoms. The molecule has 6 nitrogen and oxygen atoms in total. The molecule has 0 bridgehead atoms. The quantitative estimate of drug-likeness (QED) is 0.459. The van der Waals surface area contributed by atoms with E-state index in [2.05, 4.69) is 21.3 Å². The van der Waals surface area contributed by atoms with Gasteiger partial charge in [-0.3, -0.25) is 9.59 Å². The number of unbranched alkanes of at least 4 members (excludes halogenated alkanes) is 3. The number of hydrogen-bond donors (Lipinski definition) is 1. The van der Waals surface area contributed by atoms with Crippen molar-refractivity contribution < 1.29 is 19.1 Å². The Balaban J connectivity index is 1.44. The Bertz CT molecular complexity index is 1030. The molecule has 1 aliphatic carbocycles. The first-order valence-electron chi connectivity index (χ1n) is 13.4. The van der Waals surface area contributed by atoms with E-state index in [4.69, 9.17) is 5.11 Å². The number of aryl methyl sites for hydroxylation is 1. The number of rotatable bonds is 12. The highest BCUT2D eigenvalue weighted by atomic mass is 19.1. The van der Waals surface area contributed by atoms with E-state index in [9.17, 15) is 14.0 Å². The fourth-order valence-corrected chi connectivity index (χ4v) is 5.73. The van der Waals surface area contributed by atoms with E-state index in [1.54, 1.807) is 6.07 Å². The van der Waals surface area contributed by atoms with Crippen LogP contribution in [0.2, 0.25) is 0 Å². The van der Waals surface area contributed by atoms with Crippen LogP contribution >= 0.6 is 0 Å². The molecular formula is C28H40FN3O3. The molecule has 1 fully saturated rings. The second kappa shape index (κ2) is 12.2. The summed E-state index contributed by atoms with van der Waals surface area (Å²) in [6, 6.07) is 4.80. The van der Waals surface area contributed by atoms with Crippen LogP contribution in [-0.2, 0) is 17.8 Å². The van der Waals surface area contributed by atoms with E-state index in [0.29, 0.717) is 6.42 Å². The molecule has 0 amide bonds. The summed E-state index contributed by atoms with van der Waals surface area (Å²) in [6.45, 7) is 8.71. The minimum absolute atomic E-state index is 0.0310. The van der Waals surface area contributed by atoms with Crippen molar-refractivity contribution in [3.8, 4) is 0 Å². The Morgan fingerprint density at radius 2 is 1.83 bits per heavy atom. The maximum atomic E-state index is 14.2. The minimum Gasteiger partial charge on any atom is -0.389 e. The molecule has 0 saturated carbocycles. The van der Waals surface area contributed by atoms with Crippen molar-refractivity contribution in [3.63, 3.8) is 0 Å². The van der Waals surface area contributed by atoms with Crippen LogP contribution < -0.4 is 0 Å². The highest BCUT2D eigenvalue weighted by Gasteiger charge is 2.34. The van der Waals surface area contributed by atoms with E-state index >= 15 is 0 Å². The molecule has 4 rings (SSSR count). The Morgan fingerprint density at radius 1 is 1.06 bits per heavy atom. The normalized spacial score (nSPS) is 19.4. The summed E-state index contributed by atoms with van der Waals surface area (Å²) < 4.78 is 16.4. The summed E-state index contributed by atoms with van der Waals surface area (Å²) in [5.74, 6) is -0.291. The molecule has 1 saturated heterocycles. The summed E-state index contributed by atoms with van der Waals surface area (Å²) in [4.78, 5) is 30.0. The molecular weight excluding hydrogens is 445 g/mol. The summed E-state index contributed by atoms with van der Waals surface area (Å²) in [7, 11) is 0. The average Bonchev–Trinajstić information content (AvgIpc) is 3.18. The van der Waals surface area contributed by atoms with Gasteiger partial charge in [0.2, 0.25) is 0 Å². The first kappa shape index (κ1) is 26.0. The zero-order valence-electron chi connectivity index (χ0n) is 21.1. The molecule has 192 valence electrons. The third-order valence-corrected chi connectivity index (χ3v) is 7.77. The van der Waals surface area contributed by atoms with Gasteiger partial charge in [0.1, 0.15) is 12.4 Å². The van der Waals surface area contributed by atoms with E-state index in [1.807, 2.05) is 0 Å². The van der Waals surface area contributed by atoms with Gasteiger partial charge in [0.05, 0.1) is 0 Å². The largest absolute Gasteiger partial charge is 0.389 e. The number of hydrogen-bond acceptors (Lipinski definition) is 5. The molecule has 7 heteroatoms. The maximum Gasteiger partial charge on any atom is 0.169 e. The molecule has 0 radical (unpaired) electrons. The molecule has 1 N–H and O–H groups in total. The van der Waals surface area contributed by atoms with Crippen molar-refractivity contribution >= 4 is 22.5 Å². The number of piperazine rings is 1. The monoisotopic (exact) mass is 485 g/mol. The highest BCUT2D eigenvalue weighted by molar-refractivity contribution is 6.11. The van der Waals surface area contributed by atoms with Gasteiger partial charge in [0.25, 0.3) is 0 Å². The molecule has 1 atom stereocenters. The minimum atomic E-state index is -0.390. The van der Waals surface area contributed by atoms with Crippen molar-refractivity contribution in [2.24, 2.45) is 5.92 Å². The molecule has 1 aromatic heterocycles. The number of halogens is 1. The van der Waals surface area contributed by atoms with Crippen molar-refractivity contribution in [1.82, 2.24) is 14.4 Å². The first-order valence-corrected chi connectivity index (χ1v) is 13.4. The zero-order chi connectivity index (χ0) is 24.8. The SMILES string of the molecule is CCCCN1CCN(CC2CCc3c(c4cc(F)ccc4n3CCCCCC(=O)CO)C2=O)CC1. The van der Waals surface area contributed by atoms with Gasteiger partial charge in [-0.2, -0.15) is 0 Å². The Kier molecular flexibility index (Phi) is 9.09. The number of aliphatic hydroxyl groups excluding tert-OH is 1. The van der Waals surface area contributed by atoms with Crippen LogP contribution in [0.3, 0.4) is 0 Å².